The number of carbonyl (C=O) groups is 2. The summed E-state index contributed by atoms with van der Waals surface area (Å²) in [5.74, 6) is -0.637. The van der Waals surface area contributed by atoms with E-state index in [9.17, 15) is 9.59 Å². The summed E-state index contributed by atoms with van der Waals surface area (Å²) in [5.41, 5.74) is 1.05. The van der Waals surface area contributed by atoms with Gasteiger partial charge in [-0.1, -0.05) is 44.4 Å². The van der Waals surface area contributed by atoms with Crippen molar-refractivity contribution in [1.82, 2.24) is 0 Å². The molecular formula is C18H24ClNO4. The highest BCUT2D eigenvalue weighted by molar-refractivity contribution is 6.30. The van der Waals surface area contributed by atoms with E-state index in [1.165, 1.54) is 7.11 Å². The number of amides is 1. The normalized spacial score (nSPS) is 11.5. The molecule has 1 unspecified atom stereocenters. The average molecular weight is 354 g/mol. The Bertz CT molecular complexity index is 557. The molecule has 0 bridgehead atoms. The Morgan fingerprint density at radius 1 is 1.21 bits per heavy atom. The van der Waals surface area contributed by atoms with Gasteiger partial charge in [0.25, 0.3) is 0 Å². The number of benzene rings is 1. The summed E-state index contributed by atoms with van der Waals surface area (Å²) < 4.78 is 9.90. The molecule has 0 aliphatic carbocycles. The van der Waals surface area contributed by atoms with E-state index in [0.717, 1.165) is 25.7 Å². The molecule has 1 atom stereocenters. The number of rotatable bonds is 9. The first kappa shape index (κ1) is 20.0. The van der Waals surface area contributed by atoms with Crippen molar-refractivity contribution >= 4 is 29.4 Å². The molecule has 0 aliphatic rings. The number of carbonyl (C=O) groups excluding carboxylic acids is 2. The molecule has 0 aliphatic heterocycles. The Balaban J connectivity index is 2.60. The molecule has 0 fully saturated rings. The van der Waals surface area contributed by atoms with E-state index in [4.69, 9.17) is 21.1 Å². The quantitative estimate of drug-likeness (QED) is 0.387. The third kappa shape index (κ3) is 7.04. The minimum atomic E-state index is -1.11. The van der Waals surface area contributed by atoms with Crippen LogP contribution in [-0.2, 0) is 14.3 Å². The van der Waals surface area contributed by atoms with E-state index in [1.807, 2.05) is 0 Å². The molecule has 132 valence electrons. The van der Waals surface area contributed by atoms with Crippen LogP contribution in [0.15, 0.2) is 36.4 Å². The molecule has 0 saturated heterocycles. The first-order valence-corrected chi connectivity index (χ1v) is 8.34. The highest BCUT2D eigenvalue weighted by Gasteiger charge is 2.26. The zero-order chi connectivity index (χ0) is 17.9. The van der Waals surface area contributed by atoms with Gasteiger partial charge in [-0.15, -0.1) is 0 Å². The van der Waals surface area contributed by atoms with Crippen LogP contribution in [0, 0.1) is 0 Å². The second kappa shape index (κ2) is 10.7. The zero-order valence-corrected chi connectivity index (χ0v) is 14.9. The van der Waals surface area contributed by atoms with Gasteiger partial charge in [-0.3, -0.25) is 5.32 Å². The Morgan fingerprint density at radius 3 is 2.46 bits per heavy atom. The summed E-state index contributed by atoms with van der Waals surface area (Å²) in [6.45, 7) is 5.99. The highest BCUT2D eigenvalue weighted by atomic mass is 35.5. The SMILES string of the molecule is C=C(CCCCCC)C(OC(=O)Nc1ccc(Cl)cc1)C(=O)OC. The van der Waals surface area contributed by atoms with Crippen LogP contribution in [0.3, 0.4) is 0 Å². The first-order valence-electron chi connectivity index (χ1n) is 7.96. The van der Waals surface area contributed by atoms with Crippen LogP contribution in [0.25, 0.3) is 0 Å². The molecule has 1 amide bonds. The van der Waals surface area contributed by atoms with Gasteiger partial charge in [0, 0.05) is 10.7 Å². The third-order valence-electron chi connectivity index (χ3n) is 3.45. The van der Waals surface area contributed by atoms with E-state index >= 15 is 0 Å². The molecule has 1 N–H and O–H groups in total. The summed E-state index contributed by atoms with van der Waals surface area (Å²) >= 11 is 5.79. The summed E-state index contributed by atoms with van der Waals surface area (Å²) in [5, 5.41) is 3.10. The van der Waals surface area contributed by atoms with Crippen molar-refractivity contribution in [3.05, 3.63) is 41.4 Å². The van der Waals surface area contributed by atoms with Crippen LogP contribution < -0.4 is 5.32 Å². The summed E-state index contributed by atoms with van der Waals surface area (Å²) in [7, 11) is 1.25. The molecule has 0 radical (unpaired) electrons. The van der Waals surface area contributed by atoms with Crippen molar-refractivity contribution in [2.24, 2.45) is 0 Å². The molecule has 0 aromatic heterocycles. The van der Waals surface area contributed by atoms with E-state index in [0.29, 0.717) is 22.7 Å². The van der Waals surface area contributed by atoms with Crippen LogP contribution in [0.2, 0.25) is 5.02 Å². The van der Waals surface area contributed by atoms with Gasteiger partial charge in [0.1, 0.15) is 0 Å². The fourth-order valence-corrected chi connectivity index (χ4v) is 2.23. The summed E-state index contributed by atoms with van der Waals surface area (Å²) in [4.78, 5) is 23.9. The maximum atomic E-state index is 12.0. The number of halogens is 1. The lowest BCUT2D eigenvalue weighted by Crippen LogP contribution is -2.32. The molecule has 6 heteroatoms. The Labute approximate surface area is 148 Å². The second-order valence-corrected chi connectivity index (χ2v) is 5.85. The van der Waals surface area contributed by atoms with Gasteiger partial charge in [0.15, 0.2) is 0 Å². The van der Waals surface area contributed by atoms with Crippen molar-refractivity contribution in [2.75, 3.05) is 12.4 Å². The molecule has 0 heterocycles. The topological polar surface area (TPSA) is 64.6 Å². The fraction of sp³-hybridized carbons (Fsp3) is 0.444. The number of esters is 1. The summed E-state index contributed by atoms with van der Waals surface area (Å²) in [6.07, 6.45) is 2.92. The largest absolute Gasteiger partial charge is 0.466 e. The monoisotopic (exact) mass is 353 g/mol. The van der Waals surface area contributed by atoms with E-state index in [-0.39, 0.29) is 0 Å². The van der Waals surface area contributed by atoms with Gasteiger partial charge in [-0.2, -0.15) is 0 Å². The maximum Gasteiger partial charge on any atom is 0.412 e. The number of hydrogen-bond donors (Lipinski definition) is 1. The molecular weight excluding hydrogens is 330 g/mol. The number of hydrogen-bond acceptors (Lipinski definition) is 4. The molecule has 0 saturated carbocycles. The molecule has 0 spiro atoms. The molecule has 24 heavy (non-hydrogen) atoms. The van der Waals surface area contributed by atoms with Gasteiger partial charge < -0.3 is 9.47 Å². The van der Waals surface area contributed by atoms with Gasteiger partial charge in [0.05, 0.1) is 7.11 Å². The molecule has 1 aromatic carbocycles. The zero-order valence-electron chi connectivity index (χ0n) is 14.1. The number of anilines is 1. The van der Waals surface area contributed by atoms with Crippen molar-refractivity contribution in [1.29, 1.82) is 0 Å². The minimum Gasteiger partial charge on any atom is -0.466 e. The number of nitrogens with one attached hydrogen (secondary N) is 1. The smallest absolute Gasteiger partial charge is 0.412 e. The van der Waals surface area contributed by atoms with Crippen LogP contribution in [0.1, 0.15) is 39.0 Å². The molecule has 1 aromatic rings. The maximum absolute atomic E-state index is 12.0. The predicted octanol–water partition coefficient (Wildman–Crippen LogP) is 4.96. The number of methoxy groups -OCH3 is 1. The van der Waals surface area contributed by atoms with Gasteiger partial charge in [-0.25, -0.2) is 9.59 Å². The standard InChI is InChI=1S/C18H24ClNO4/c1-4-5-6-7-8-13(2)16(17(21)23-3)24-18(22)20-15-11-9-14(19)10-12-15/h9-12,16H,2,4-8H2,1,3H3,(H,20,22). The first-order chi connectivity index (χ1) is 11.5. The van der Waals surface area contributed by atoms with Crippen molar-refractivity contribution in [3.63, 3.8) is 0 Å². The number of ether oxygens (including phenoxy) is 2. The van der Waals surface area contributed by atoms with E-state index in [1.54, 1.807) is 24.3 Å². The van der Waals surface area contributed by atoms with Crippen LogP contribution in [0.5, 0.6) is 0 Å². The Morgan fingerprint density at radius 2 is 1.88 bits per heavy atom. The highest BCUT2D eigenvalue weighted by Crippen LogP contribution is 2.18. The average Bonchev–Trinajstić information content (AvgIpc) is 2.57. The Hall–Kier alpha value is -2.01. The van der Waals surface area contributed by atoms with Gasteiger partial charge in [0.2, 0.25) is 6.10 Å². The van der Waals surface area contributed by atoms with Crippen molar-refractivity contribution in [2.45, 2.75) is 45.1 Å². The second-order valence-electron chi connectivity index (χ2n) is 5.41. The number of unbranched alkanes of at least 4 members (excludes halogenated alkanes) is 3. The lowest BCUT2D eigenvalue weighted by Gasteiger charge is -2.18. The van der Waals surface area contributed by atoms with Gasteiger partial charge in [-0.05, 0) is 42.7 Å². The lowest BCUT2D eigenvalue weighted by molar-refractivity contribution is -0.148. The van der Waals surface area contributed by atoms with Crippen LogP contribution >= 0.6 is 11.6 Å². The lowest BCUT2D eigenvalue weighted by atomic mass is 10.0. The van der Waals surface area contributed by atoms with Crippen molar-refractivity contribution in [3.8, 4) is 0 Å². The molecule has 1 rings (SSSR count). The Kier molecular flexibility index (Phi) is 8.94. The van der Waals surface area contributed by atoms with Crippen molar-refractivity contribution < 1.29 is 19.1 Å². The van der Waals surface area contributed by atoms with Gasteiger partial charge >= 0.3 is 12.1 Å². The molecule has 5 nitrogen and oxygen atoms in total. The van der Waals surface area contributed by atoms with E-state index < -0.39 is 18.2 Å². The third-order valence-corrected chi connectivity index (χ3v) is 3.70. The predicted molar refractivity (Wildman–Crippen MR) is 95.3 cm³/mol. The van der Waals surface area contributed by atoms with Crippen LogP contribution in [-0.4, -0.2) is 25.3 Å². The fourth-order valence-electron chi connectivity index (χ4n) is 2.10. The summed E-state index contributed by atoms with van der Waals surface area (Å²) in [6, 6.07) is 6.55. The van der Waals surface area contributed by atoms with E-state index in [2.05, 4.69) is 18.8 Å². The van der Waals surface area contributed by atoms with Crippen LogP contribution in [0.4, 0.5) is 10.5 Å². The minimum absolute atomic E-state index is 0.515.